The minimum Gasteiger partial charge on any atom is -0.0654 e. The van der Waals surface area contributed by atoms with E-state index in [0.717, 1.165) is 0 Å². The first kappa shape index (κ1) is 48.7. The van der Waals surface area contributed by atoms with Crippen molar-refractivity contribution in [2.45, 2.75) is 272 Å². The summed E-state index contributed by atoms with van der Waals surface area (Å²) in [6.07, 6.45) is 60.4. The van der Waals surface area contributed by atoms with E-state index in [2.05, 4.69) is 27.7 Å². The van der Waals surface area contributed by atoms with Gasteiger partial charge in [-0.25, -0.2) is 0 Å². The van der Waals surface area contributed by atoms with Crippen LogP contribution in [0.3, 0.4) is 0 Å². The molecule has 0 rings (SSSR count). The Labute approximate surface area is 312 Å². The van der Waals surface area contributed by atoms with Gasteiger partial charge in [0.15, 0.2) is 0 Å². The molecule has 0 atom stereocenters. The van der Waals surface area contributed by atoms with E-state index in [1.165, 1.54) is 269 Å². The monoisotopic (exact) mass is 715 g/mol. The van der Waals surface area contributed by atoms with Crippen LogP contribution in [0.5, 0.6) is 0 Å². The summed E-state index contributed by atoms with van der Waals surface area (Å²) < 4.78 is 0. The first-order valence-corrected chi connectivity index (χ1v) is 27.1. The third-order valence-corrected chi connectivity index (χ3v) is 19.5. The van der Waals surface area contributed by atoms with Gasteiger partial charge in [-0.05, 0) is 0 Å². The smallest absolute Gasteiger partial charge is 0.0654 e. The molecule has 0 radical (unpaired) electrons. The van der Waals surface area contributed by atoms with Gasteiger partial charge in [0, 0.05) is 0 Å². The minimum absolute atomic E-state index is 1.33. The second-order valence-corrected chi connectivity index (χ2v) is 25.0. The third-order valence-electron chi connectivity index (χ3n) is 11.8. The van der Waals surface area contributed by atoms with Gasteiger partial charge in [0.2, 0.25) is 0 Å². The molecule has 0 aliphatic rings. The molecule has 292 valence electrons. The van der Waals surface area contributed by atoms with Gasteiger partial charge in [0.1, 0.15) is 0 Å². The Kier molecular flexibility index (Phi) is 38.0. The van der Waals surface area contributed by atoms with E-state index in [-0.39, 0.29) is 0 Å². The quantitative estimate of drug-likeness (QED) is 0.0436. The SMILES string of the molecule is CCCCCCCCCCCCCCCCCCP(Cl)(CCCCC)(CCCCC)CCCCCCCCCCCCCCCCCC. The maximum atomic E-state index is 8.13. The molecule has 0 heterocycles. The molecule has 0 N–H and O–H groups in total. The van der Waals surface area contributed by atoms with Crippen LogP contribution in [-0.4, -0.2) is 24.6 Å². The topological polar surface area (TPSA) is 0 Å². The van der Waals surface area contributed by atoms with Crippen molar-refractivity contribution >= 4 is 17.2 Å². The molecule has 2 heteroatoms. The fourth-order valence-electron chi connectivity index (χ4n) is 8.29. The molecule has 0 spiro atoms. The van der Waals surface area contributed by atoms with Crippen molar-refractivity contribution in [2.75, 3.05) is 24.6 Å². The number of hydrogen-bond donors (Lipinski definition) is 0. The fourth-order valence-corrected chi connectivity index (χ4v) is 15.1. The van der Waals surface area contributed by atoms with Crippen molar-refractivity contribution in [1.82, 2.24) is 0 Å². The molecular formula is C46H96ClP. The summed E-state index contributed by atoms with van der Waals surface area (Å²) >= 11 is 8.13. The van der Waals surface area contributed by atoms with Crippen molar-refractivity contribution in [3.8, 4) is 0 Å². The van der Waals surface area contributed by atoms with Gasteiger partial charge in [0.25, 0.3) is 0 Å². The van der Waals surface area contributed by atoms with Crippen LogP contribution in [0.1, 0.15) is 272 Å². The average Bonchev–Trinajstić information content (AvgIpc) is 3.08. The van der Waals surface area contributed by atoms with Crippen LogP contribution < -0.4 is 0 Å². The fraction of sp³-hybridized carbons (Fsp3) is 1.00. The summed E-state index contributed by atoms with van der Waals surface area (Å²) in [4.78, 5) is 0. The molecular weight excluding hydrogens is 619 g/mol. The third kappa shape index (κ3) is 32.6. The van der Waals surface area contributed by atoms with E-state index in [4.69, 9.17) is 11.2 Å². The van der Waals surface area contributed by atoms with Gasteiger partial charge < -0.3 is 0 Å². The Morgan fingerprint density at radius 2 is 0.333 bits per heavy atom. The summed E-state index contributed by atoms with van der Waals surface area (Å²) in [5.41, 5.74) is 0. The number of hydrogen-bond acceptors (Lipinski definition) is 0. The van der Waals surface area contributed by atoms with Gasteiger partial charge >= 0.3 is 235 Å². The van der Waals surface area contributed by atoms with Crippen LogP contribution in [0.25, 0.3) is 0 Å². The molecule has 0 nitrogen and oxygen atoms in total. The van der Waals surface area contributed by atoms with E-state index in [0.29, 0.717) is 0 Å². The van der Waals surface area contributed by atoms with Crippen molar-refractivity contribution in [3.05, 3.63) is 0 Å². The van der Waals surface area contributed by atoms with Crippen LogP contribution >= 0.6 is 17.2 Å². The molecule has 0 unspecified atom stereocenters. The van der Waals surface area contributed by atoms with Crippen molar-refractivity contribution in [2.24, 2.45) is 0 Å². The van der Waals surface area contributed by atoms with Crippen molar-refractivity contribution in [3.63, 3.8) is 0 Å². The van der Waals surface area contributed by atoms with E-state index in [1.54, 1.807) is 0 Å². The molecule has 0 aliphatic heterocycles. The maximum absolute atomic E-state index is 8.13. The second-order valence-electron chi connectivity index (χ2n) is 16.7. The van der Waals surface area contributed by atoms with Gasteiger partial charge in [-0.3, -0.25) is 0 Å². The Hall–Kier alpha value is 0.720. The normalized spacial score (nSPS) is 12.9. The summed E-state index contributed by atoms with van der Waals surface area (Å²) in [6, 6.07) is 0. The number of halogens is 1. The second kappa shape index (κ2) is 37.5. The summed E-state index contributed by atoms with van der Waals surface area (Å²) in [5.74, 6) is -2.11. The molecule has 0 fully saturated rings. The molecule has 0 aromatic rings. The summed E-state index contributed by atoms with van der Waals surface area (Å²) in [5, 5.41) is 0. The molecule has 48 heavy (non-hydrogen) atoms. The first-order valence-electron chi connectivity index (χ1n) is 23.3. The molecule has 0 amide bonds. The van der Waals surface area contributed by atoms with E-state index < -0.39 is 5.96 Å². The molecule has 0 aliphatic carbocycles. The molecule has 0 saturated heterocycles. The number of rotatable bonds is 42. The van der Waals surface area contributed by atoms with Gasteiger partial charge in [-0.15, -0.1) is 0 Å². The Morgan fingerprint density at radius 3 is 0.521 bits per heavy atom. The Balaban J connectivity index is 4.25. The average molecular weight is 716 g/mol. The van der Waals surface area contributed by atoms with Crippen LogP contribution in [0, 0.1) is 0 Å². The number of unbranched alkanes of at least 4 members (excludes halogenated alkanes) is 34. The van der Waals surface area contributed by atoms with Crippen molar-refractivity contribution in [1.29, 1.82) is 0 Å². The van der Waals surface area contributed by atoms with Gasteiger partial charge in [-0.2, -0.15) is 0 Å². The van der Waals surface area contributed by atoms with Crippen molar-refractivity contribution < 1.29 is 0 Å². The molecule has 0 saturated carbocycles. The molecule has 0 aromatic heterocycles. The zero-order chi connectivity index (χ0) is 35.1. The van der Waals surface area contributed by atoms with E-state index in [9.17, 15) is 0 Å². The van der Waals surface area contributed by atoms with Crippen LogP contribution in [-0.2, 0) is 0 Å². The Morgan fingerprint density at radius 1 is 0.208 bits per heavy atom. The minimum atomic E-state index is -2.11. The van der Waals surface area contributed by atoms with Crippen LogP contribution in [0.2, 0.25) is 0 Å². The summed E-state index contributed by atoms with van der Waals surface area (Å²) in [6.45, 7) is 9.36. The van der Waals surface area contributed by atoms with Crippen LogP contribution in [0.15, 0.2) is 0 Å². The van der Waals surface area contributed by atoms with Gasteiger partial charge in [-0.1, -0.05) is 78.1 Å². The van der Waals surface area contributed by atoms with Crippen LogP contribution in [0.4, 0.5) is 0 Å². The van der Waals surface area contributed by atoms with E-state index in [1.807, 2.05) is 0 Å². The zero-order valence-corrected chi connectivity index (χ0v) is 36.2. The Bertz CT molecular complexity index is 553. The standard InChI is InChI=1S/C46H96ClP/c1-5-9-13-15-17-19-21-23-25-27-29-31-33-35-37-41-45-48(47,43-39-11-7-3,44-40-12-8-4)46-42-38-36-34-32-30-28-26-24-22-20-18-16-14-10-6-2/h5-46H2,1-4H3. The predicted molar refractivity (Wildman–Crippen MR) is 230 cm³/mol. The molecule has 0 bridgehead atoms. The van der Waals surface area contributed by atoms with Gasteiger partial charge in [0.05, 0.1) is 0 Å². The molecule has 0 aromatic carbocycles. The van der Waals surface area contributed by atoms with E-state index >= 15 is 0 Å². The first-order chi connectivity index (χ1) is 23.5. The predicted octanol–water partition coefficient (Wildman–Crippen LogP) is 18.6. The zero-order valence-electron chi connectivity index (χ0n) is 34.5. The summed E-state index contributed by atoms with van der Waals surface area (Å²) in [7, 11) is 0.